The van der Waals surface area contributed by atoms with E-state index in [9.17, 15) is 4.79 Å². The van der Waals surface area contributed by atoms with Crippen LogP contribution in [0.5, 0.6) is 0 Å². The molecule has 0 spiro atoms. The highest BCUT2D eigenvalue weighted by molar-refractivity contribution is 9.10. The molecule has 0 bridgehead atoms. The summed E-state index contributed by atoms with van der Waals surface area (Å²) in [4.78, 5) is 15.5. The predicted molar refractivity (Wildman–Crippen MR) is 61.7 cm³/mol. The Morgan fingerprint density at radius 3 is 3.12 bits per heavy atom. The first-order chi connectivity index (χ1) is 7.63. The predicted octanol–water partition coefficient (Wildman–Crippen LogP) is 2.32. The summed E-state index contributed by atoms with van der Waals surface area (Å²) in [7, 11) is 0. The van der Waals surface area contributed by atoms with Crippen molar-refractivity contribution in [3.8, 4) is 0 Å². The highest BCUT2D eigenvalue weighted by Gasteiger charge is 2.16. The molecule has 2 rings (SSSR count). The molecule has 2 aromatic rings. The van der Waals surface area contributed by atoms with E-state index in [1.165, 1.54) is 4.52 Å². The summed E-state index contributed by atoms with van der Waals surface area (Å²) in [6.07, 6.45) is 1.62. The van der Waals surface area contributed by atoms with E-state index in [4.69, 9.17) is 16.3 Å². The van der Waals surface area contributed by atoms with Gasteiger partial charge in [-0.1, -0.05) is 11.6 Å². The SMILES string of the molecule is CCOC(=O)c1ccn2nc(Br)nc(Cl)c12. The molecule has 0 saturated heterocycles. The Hall–Kier alpha value is -1.14. The van der Waals surface area contributed by atoms with Crippen LogP contribution in [0.15, 0.2) is 17.0 Å². The smallest absolute Gasteiger partial charge is 0.340 e. The van der Waals surface area contributed by atoms with E-state index < -0.39 is 5.97 Å². The van der Waals surface area contributed by atoms with Crippen LogP contribution >= 0.6 is 27.5 Å². The number of hydrogen-bond acceptors (Lipinski definition) is 4. The van der Waals surface area contributed by atoms with Gasteiger partial charge in [0.2, 0.25) is 4.73 Å². The summed E-state index contributed by atoms with van der Waals surface area (Å²) < 4.78 is 6.74. The fraction of sp³-hybridized carbons (Fsp3) is 0.222. The van der Waals surface area contributed by atoms with Gasteiger partial charge in [0.05, 0.1) is 12.2 Å². The van der Waals surface area contributed by atoms with Crippen molar-refractivity contribution in [2.24, 2.45) is 0 Å². The zero-order valence-corrected chi connectivity index (χ0v) is 10.6. The number of rotatable bonds is 2. The minimum atomic E-state index is -0.433. The molecule has 0 amide bonds. The first-order valence-corrected chi connectivity index (χ1v) is 5.68. The Balaban J connectivity index is 2.60. The molecule has 0 N–H and O–H groups in total. The van der Waals surface area contributed by atoms with Crippen molar-refractivity contribution in [1.82, 2.24) is 14.6 Å². The van der Waals surface area contributed by atoms with E-state index in [0.717, 1.165) is 0 Å². The van der Waals surface area contributed by atoms with Gasteiger partial charge >= 0.3 is 5.97 Å². The highest BCUT2D eigenvalue weighted by atomic mass is 79.9. The van der Waals surface area contributed by atoms with Crippen molar-refractivity contribution >= 4 is 39.0 Å². The lowest BCUT2D eigenvalue weighted by Crippen LogP contribution is -2.05. The summed E-state index contributed by atoms with van der Waals surface area (Å²) in [6.45, 7) is 2.05. The van der Waals surface area contributed by atoms with Crippen molar-refractivity contribution in [3.63, 3.8) is 0 Å². The lowest BCUT2D eigenvalue weighted by Gasteiger charge is -2.01. The molecule has 0 saturated carbocycles. The summed E-state index contributed by atoms with van der Waals surface area (Å²) in [6, 6.07) is 1.60. The van der Waals surface area contributed by atoms with E-state index in [0.29, 0.717) is 22.4 Å². The Morgan fingerprint density at radius 1 is 1.69 bits per heavy atom. The molecule has 0 aliphatic heterocycles. The maximum Gasteiger partial charge on any atom is 0.340 e. The van der Waals surface area contributed by atoms with E-state index >= 15 is 0 Å². The third-order valence-corrected chi connectivity index (χ3v) is 2.54. The molecule has 84 valence electrons. The topological polar surface area (TPSA) is 56.5 Å². The van der Waals surface area contributed by atoms with Crippen molar-refractivity contribution in [2.45, 2.75) is 6.92 Å². The van der Waals surface area contributed by atoms with Gasteiger partial charge in [0.25, 0.3) is 0 Å². The van der Waals surface area contributed by atoms with Crippen molar-refractivity contribution < 1.29 is 9.53 Å². The van der Waals surface area contributed by atoms with Crippen molar-refractivity contribution in [3.05, 3.63) is 27.7 Å². The number of ether oxygens (including phenoxy) is 1. The normalized spacial score (nSPS) is 10.7. The fourth-order valence-electron chi connectivity index (χ4n) is 1.33. The molecule has 16 heavy (non-hydrogen) atoms. The molecule has 0 aromatic carbocycles. The monoisotopic (exact) mass is 303 g/mol. The standard InChI is InChI=1S/C9H7BrClN3O2/c1-2-16-8(15)5-3-4-14-6(5)7(11)12-9(10)13-14/h3-4H,2H2,1H3. The van der Waals surface area contributed by atoms with E-state index in [1.54, 1.807) is 19.2 Å². The number of hydrogen-bond donors (Lipinski definition) is 0. The second-order valence-electron chi connectivity index (χ2n) is 2.91. The van der Waals surface area contributed by atoms with Gasteiger partial charge in [-0.15, -0.1) is 5.10 Å². The Bertz CT molecular complexity index is 555. The van der Waals surface area contributed by atoms with E-state index in [2.05, 4.69) is 26.0 Å². The summed E-state index contributed by atoms with van der Waals surface area (Å²) >= 11 is 9.06. The molecule has 2 heterocycles. The van der Waals surface area contributed by atoms with Crippen LogP contribution in [0.3, 0.4) is 0 Å². The molecule has 0 unspecified atom stereocenters. The number of fused-ring (bicyclic) bond motifs is 1. The molecule has 0 aliphatic rings. The van der Waals surface area contributed by atoms with Gasteiger partial charge in [0.1, 0.15) is 5.52 Å². The molecule has 0 atom stereocenters. The summed E-state index contributed by atoms with van der Waals surface area (Å²) in [5.41, 5.74) is 0.808. The van der Waals surface area contributed by atoms with Crippen LogP contribution in [-0.2, 0) is 4.74 Å². The molecular formula is C9H7BrClN3O2. The number of nitrogens with zero attached hydrogens (tertiary/aromatic N) is 3. The number of carbonyl (C=O) groups is 1. The first-order valence-electron chi connectivity index (χ1n) is 4.51. The maximum absolute atomic E-state index is 11.6. The zero-order chi connectivity index (χ0) is 11.7. The maximum atomic E-state index is 11.6. The van der Waals surface area contributed by atoms with Gasteiger partial charge < -0.3 is 4.74 Å². The van der Waals surface area contributed by atoms with Gasteiger partial charge in [-0.25, -0.2) is 14.3 Å². The Labute approximate surface area is 104 Å². The van der Waals surface area contributed by atoms with Gasteiger partial charge in [-0.05, 0) is 28.9 Å². The molecule has 0 aliphatic carbocycles. The molecule has 0 fully saturated rings. The van der Waals surface area contributed by atoms with Crippen LogP contribution in [0.2, 0.25) is 5.15 Å². The third kappa shape index (κ3) is 1.90. The van der Waals surface area contributed by atoms with Gasteiger partial charge in [0.15, 0.2) is 5.15 Å². The highest BCUT2D eigenvalue weighted by Crippen LogP contribution is 2.21. The number of halogens is 2. The van der Waals surface area contributed by atoms with Crippen LogP contribution in [0, 0.1) is 0 Å². The van der Waals surface area contributed by atoms with Crippen molar-refractivity contribution in [2.75, 3.05) is 6.61 Å². The molecule has 0 radical (unpaired) electrons. The fourth-order valence-corrected chi connectivity index (χ4v) is 2.05. The third-order valence-electron chi connectivity index (χ3n) is 1.94. The minimum absolute atomic E-state index is 0.204. The largest absolute Gasteiger partial charge is 0.462 e. The Morgan fingerprint density at radius 2 is 2.44 bits per heavy atom. The van der Waals surface area contributed by atoms with Crippen LogP contribution in [0.1, 0.15) is 17.3 Å². The number of esters is 1. The second kappa shape index (κ2) is 4.39. The quantitative estimate of drug-likeness (QED) is 0.799. The molecule has 5 nitrogen and oxygen atoms in total. The number of aromatic nitrogens is 3. The first kappa shape index (κ1) is 11.3. The van der Waals surface area contributed by atoms with E-state index in [1.807, 2.05) is 0 Å². The zero-order valence-electron chi connectivity index (χ0n) is 8.28. The van der Waals surface area contributed by atoms with Crippen molar-refractivity contribution in [1.29, 1.82) is 0 Å². The Kier molecular flexibility index (Phi) is 3.11. The average molecular weight is 305 g/mol. The molecule has 2 aromatic heterocycles. The minimum Gasteiger partial charge on any atom is -0.462 e. The van der Waals surface area contributed by atoms with Crippen LogP contribution in [-0.4, -0.2) is 27.2 Å². The van der Waals surface area contributed by atoms with Gasteiger partial charge in [-0.2, -0.15) is 0 Å². The number of carbonyl (C=O) groups excluding carboxylic acids is 1. The van der Waals surface area contributed by atoms with Crippen LogP contribution in [0.4, 0.5) is 0 Å². The van der Waals surface area contributed by atoms with Crippen LogP contribution in [0.25, 0.3) is 5.52 Å². The molecule has 7 heteroatoms. The van der Waals surface area contributed by atoms with E-state index in [-0.39, 0.29) is 5.15 Å². The second-order valence-corrected chi connectivity index (χ2v) is 3.98. The summed E-state index contributed by atoms with van der Waals surface area (Å²) in [5, 5.41) is 4.23. The average Bonchev–Trinajstić information content (AvgIpc) is 2.61. The molecular weight excluding hydrogens is 297 g/mol. The van der Waals surface area contributed by atoms with Gasteiger partial charge in [-0.3, -0.25) is 0 Å². The van der Waals surface area contributed by atoms with Gasteiger partial charge in [0, 0.05) is 6.20 Å². The lowest BCUT2D eigenvalue weighted by molar-refractivity contribution is 0.0528. The lowest BCUT2D eigenvalue weighted by atomic mass is 10.3. The van der Waals surface area contributed by atoms with Crippen LogP contribution < -0.4 is 0 Å². The summed E-state index contributed by atoms with van der Waals surface area (Å²) in [5.74, 6) is -0.433.